The molecule has 6 heteroatoms. The van der Waals surface area contributed by atoms with Crippen LogP contribution in [0.1, 0.15) is 5.56 Å². The first-order valence-electron chi connectivity index (χ1n) is 5.25. The third-order valence-corrected chi connectivity index (χ3v) is 3.00. The number of likely N-dealkylation sites (N-methyl/N-ethyl adjacent to an activating group) is 1. The van der Waals surface area contributed by atoms with Gasteiger partial charge in [-0.15, -0.1) is 0 Å². The number of nitrogens with one attached hydrogen (secondary N) is 1. The third kappa shape index (κ3) is 2.05. The van der Waals surface area contributed by atoms with Crippen molar-refractivity contribution >= 4 is 11.4 Å². The molecule has 88 valence electrons. The van der Waals surface area contributed by atoms with E-state index < -0.39 is 4.92 Å². The molecule has 1 N–H and O–H groups in total. The number of anilines is 1. The van der Waals surface area contributed by atoms with Crippen LogP contribution in [-0.2, 0) is 0 Å². The maximum absolute atomic E-state index is 10.6. The highest BCUT2D eigenvalue weighted by atomic mass is 16.6. The summed E-state index contributed by atoms with van der Waals surface area (Å²) in [5.74, 6) is 0. The van der Waals surface area contributed by atoms with Gasteiger partial charge in [-0.05, 0) is 6.07 Å². The molecule has 17 heavy (non-hydrogen) atoms. The van der Waals surface area contributed by atoms with Crippen molar-refractivity contribution in [1.29, 1.82) is 5.26 Å². The number of nitro groups is 1. The average Bonchev–Trinajstić information content (AvgIpc) is 2.25. The topological polar surface area (TPSA) is 82.2 Å². The Balaban J connectivity index is 2.34. The van der Waals surface area contributed by atoms with E-state index in [0.29, 0.717) is 11.6 Å². The number of rotatable bonds is 3. The van der Waals surface area contributed by atoms with E-state index in [1.807, 2.05) is 18.0 Å². The zero-order valence-electron chi connectivity index (χ0n) is 9.38. The summed E-state index contributed by atoms with van der Waals surface area (Å²) in [6.07, 6.45) is 0. The van der Waals surface area contributed by atoms with E-state index >= 15 is 0 Å². The SMILES string of the molecule is CN(c1ccc([N+](=O)[O-])cc1C#N)C1CNC1. The molecule has 0 saturated carbocycles. The lowest BCUT2D eigenvalue weighted by atomic mass is 10.1. The van der Waals surface area contributed by atoms with Crippen LogP contribution in [0.15, 0.2) is 18.2 Å². The number of nitriles is 1. The lowest BCUT2D eigenvalue weighted by Crippen LogP contribution is -2.56. The number of hydrogen-bond acceptors (Lipinski definition) is 5. The Labute approximate surface area is 98.6 Å². The van der Waals surface area contributed by atoms with Crippen LogP contribution in [0.4, 0.5) is 11.4 Å². The van der Waals surface area contributed by atoms with Crippen LogP contribution in [0, 0.1) is 21.4 Å². The number of hydrogen-bond donors (Lipinski definition) is 1. The first-order chi connectivity index (χ1) is 8.13. The molecule has 1 aliphatic rings. The molecule has 1 fully saturated rings. The van der Waals surface area contributed by atoms with Crippen molar-refractivity contribution < 1.29 is 4.92 Å². The Morgan fingerprint density at radius 1 is 1.59 bits per heavy atom. The van der Waals surface area contributed by atoms with E-state index in [2.05, 4.69) is 5.32 Å². The Hall–Kier alpha value is -2.13. The number of nitro benzene ring substituents is 1. The molecule has 0 unspecified atom stereocenters. The second-order valence-corrected chi connectivity index (χ2v) is 3.99. The van der Waals surface area contributed by atoms with Crippen molar-refractivity contribution in [1.82, 2.24) is 5.32 Å². The van der Waals surface area contributed by atoms with Crippen LogP contribution in [-0.4, -0.2) is 31.1 Å². The molecule has 6 nitrogen and oxygen atoms in total. The highest BCUT2D eigenvalue weighted by Crippen LogP contribution is 2.26. The van der Waals surface area contributed by atoms with E-state index in [0.717, 1.165) is 18.8 Å². The molecular formula is C11H12N4O2. The lowest BCUT2D eigenvalue weighted by molar-refractivity contribution is -0.384. The smallest absolute Gasteiger partial charge is 0.270 e. The molecule has 1 heterocycles. The first kappa shape index (κ1) is 11.4. The minimum Gasteiger partial charge on any atom is -0.368 e. The maximum atomic E-state index is 10.6. The van der Waals surface area contributed by atoms with Crippen LogP contribution >= 0.6 is 0 Å². The molecule has 1 saturated heterocycles. The number of benzene rings is 1. The molecule has 0 aliphatic carbocycles. The van der Waals surface area contributed by atoms with Crippen LogP contribution in [0.5, 0.6) is 0 Å². The van der Waals surface area contributed by atoms with Crippen LogP contribution in [0.25, 0.3) is 0 Å². The van der Waals surface area contributed by atoms with Crippen molar-refractivity contribution in [2.45, 2.75) is 6.04 Å². The maximum Gasteiger partial charge on any atom is 0.270 e. The van der Waals surface area contributed by atoms with E-state index in [1.54, 1.807) is 6.07 Å². The quantitative estimate of drug-likeness (QED) is 0.617. The number of non-ortho nitro benzene ring substituents is 1. The molecule has 1 aromatic carbocycles. The van der Waals surface area contributed by atoms with Crippen molar-refractivity contribution in [3.05, 3.63) is 33.9 Å². The molecule has 0 atom stereocenters. The van der Waals surface area contributed by atoms with Crippen molar-refractivity contribution in [3.63, 3.8) is 0 Å². The lowest BCUT2D eigenvalue weighted by Gasteiger charge is -2.37. The van der Waals surface area contributed by atoms with Gasteiger partial charge < -0.3 is 10.2 Å². The van der Waals surface area contributed by atoms with Gasteiger partial charge in [0.25, 0.3) is 5.69 Å². The van der Waals surface area contributed by atoms with Gasteiger partial charge in [0.15, 0.2) is 0 Å². The van der Waals surface area contributed by atoms with Crippen molar-refractivity contribution in [3.8, 4) is 6.07 Å². The fraction of sp³-hybridized carbons (Fsp3) is 0.364. The number of nitrogens with zero attached hydrogens (tertiary/aromatic N) is 3. The van der Waals surface area contributed by atoms with Gasteiger partial charge in [0.05, 0.1) is 22.2 Å². The normalized spacial score (nSPS) is 14.8. The summed E-state index contributed by atoms with van der Waals surface area (Å²) in [7, 11) is 1.90. The summed E-state index contributed by atoms with van der Waals surface area (Å²) < 4.78 is 0. The predicted octanol–water partition coefficient (Wildman–Crippen LogP) is 0.874. The van der Waals surface area contributed by atoms with Gasteiger partial charge in [0.2, 0.25) is 0 Å². The second-order valence-electron chi connectivity index (χ2n) is 3.99. The molecule has 0 bridgehead atoms. The van der Waals surface area contributed by atoms with E-state index in [4.69, 9.17) is 5.26 Å². The highest BCUT2D eigenvalue weighted by molar-refractivity contribution is 5.63. The zero-order chi connectivity index (χ0) is 12.4. The molecule has 0 amide bonds. The van der Waals surface area contributed by atoms with Gasteiger partial charge in [0.1, 0.15) is 6.07 Å². The van der Waals surface area contributed by atoms with Crippen molar-refractivity contribution in [2.75, 3.05) is 25.0 Å². The third-order valence-electron chi connectivity index (χ3n) is 3.00. The van der Waals surface area contributed by atoms with Crippen molar-refractivity contribution in [2.24, 2.45) is 0 Å². The van der Waals surface area contributed by atoms with E-state index in [9.17, 15) is 10.1 Å². The van der Waals surface area contributed by atoms with Crippen LogP contribution < -0.4 is 10.2 Å². The first-order valence-corrected chi connectivity index (χ1v) is 5.25. The zero-order valence-corrected chi connectivity index (χ0v) is 9.38. The van der Waals surface area contributed by atoms with Gasteiger partial charge in [0, 0.05) is 32.3 Å². The molecule has 0 radical (unpaired) electrons. The van der Waals surface area contributed by atoms with Crippen LogP contribution in [0.2, 0.25) is 0 Å². The molecule has 0 aromatic heterocycles. The second kappa shape index (κ2) is 4.39. The summed E-state index contributed by atoms with van der Waals surface area (Å²) in [5, 5.41) is 22.8. The minimum absolute atomic E-state index is 0.0505. The Morgan fingerprint density at radius 2 is 2.29 bits per heavy atom. The minimum atomic E-state index is -0.491. The van der Waals surface area contributed by atoms with E-state index in [-0.39, 0.29) is 5.69 Å². The molecule has 0 spiro atoms. The van der Waals surface area contributed by atoms with Gasteiger partial charge >= 0.3 is 0 Å². The van der Waals surface area contributed by atoms with Gasteiger partial charge in [-0.3, -0.25) is 10.1 Å². The largest absolute Gasteiger partial charge is 0.368 e. The predicted molar refractivity (Wildman–Crippen MR) is 62.9 cm³/mol. The van der Waals surface area contributed by atoms with Gasteiger partial charge in [-0.25, -0.2) is 0 Å². The Bertz CT molecular complexity index is 491. The standard InChI is InChI=1S/C11H12N4O2/c1-14(10-6-13-7-10)11-3-2-9(15(16)17)4-8(11)5-12/h2-4,10,13H,6-7H2,1H3. The van der Waals surface area contributed by atoms with Gasteiger partial charge in [-0.1, -0.05) is 0 Å². The Morgan fingerprint density at radius 3 is 2.76 bits per heavy atom. The fourth-order valence-electron chi connectivity index (χ4n) is 1.78. The summed E-state index contributed by atoms with van der Waals surface area (Å²) in [5.41, 5.74) is 1.03. The summed E-state index contributed by atoms with van der Waals surface area (Å²) in [6.45, 7) is 1.75. The summed E-state index contributed by atoms with van der Waals surface area (Å²) >= 11 is 0. The molecule has 2 rings (SSSR count). The molecule has 1 aromatic rings. The molecule has 1 aliphatic heterocycles. The van der Waals surface area contributed by atoms with Crippen LogP contribution in [0.3, 0.4) is 0 Å². The Kier molecular flexibility index (Phi) is 2.93. The fourth-order valence-corrected chi connectivity index (χ4v) is 1.78. The monoisotopic (exact) mass is 232 g/mol. The average molecular weight is 232 g/mol. The summed E-state index contributed by atoms with van der Waals surface area (Å²) in [4.78, 5) is 12.1. The summed E-state index contributed by atoms with van der Waals surface area (Å²) in [6, 6.07) is 6.74. The van der Waals surface area contributed by atoms with E-state index in [1.165, 1.54) is 12.1 Å². The molecular weight excluding hydrogens is 220 g/mol. The van der Waals surface area contributed by atoms with Gasteiger partial charge in [-0.2, -0.15) is 5.26 Å². The highest BCUT2D eigenvalue weighted by Gasteiger charge is 2.24.